The molecule has 214 valence electrons. The number of rotatable bonds is 2. The second-order valence-electron chi connectivity index (χ2n) is 15.1. The number of hydrogen-bond donors (Lipinski definition) is 6. The van der Waals surface area contributed by atoms with Crippen LogP contribution in [-0.4, -0.2) is 67.0 Å². The minimum Gasteiger partial charge on any atom is -0.481 e. The molecule has 8 nitrogen and oxygen atoms in total. The number of fused-ring (bicyclic) bond motifs is 7. The van der Waals surface area contributed by atoms with Crippen molar-refractivity contribution in [1.82, 2.24) is 0 Å². The lowest BCUT2D eigenvalue weighted by atomic mass is 9.33. The summed E-state index contributed by atoms with van der Waals surface area (Å²) in [4.78, 5) is 25.4. The van der Waals surface area contributed by atoms with Gasteiger partial charge in [0, 0.05) is 0 Å². The molecule has 0 heterocycles. The van der Waals surface area contributed by atoms with E-state index >= 15 is 0 Å². The summed E-state index contributed by atoms with van der Waals surface area (Å²) in [7, 11) is 0. The minimum atomic E-state index is -1.48. The van der Waals surface area contributed by atoms with E-state index in [0.717, 1.165) is 5.57 Å². The highest BCUT2D eigenvalue weighted by Crippen LogP contribution is 2.75. The summed E-state index contributed by atoms with van der Waals surface area (Å²) in [6, 6.07) is 0. The van der Waals surface area contributed by atoms with Crippen molar-refractivity contribution in [3.63, 3.8) is 0 Å². The Balaban J connectivity index is 1.65. The van der Waals surface area contributed by atoms with E-state index < -0.39 is 69.3 Å². The predicted molar refractivity (Wildman–Crippen MR) is 139 cm³/mol. The lowest BCUT2D eigenvalue weighted by Crippen LogP contribution is -2.70. The summed E-state index contributed by atoms with van der Waals surface area (Å²) in [6.45, 7) is 11.9. The van der Waals surface area contributed by atoms with Crippen LogP contribution >= 0.6 is 0 Å². The van der Waals surface area contributed by atoms with Gasteiger partial charge in [0.2, 0.25) is 0 Å². The van der Waals surface area contributed by atoms with E-state index in [1.165, 1.54) is 0 Å². The van der Waals surface area contributed by atoms with Gasteiger partial charge in [-0.15, -0.1) is 0 Å². The Morgan fingerprint density at radius 1 is 0.816 bits per heavy atom. The Bertz CT molecular complexity index is 1080. The molecule has 5 aliphatic carbocycles. The van der Waals surface area contributed by atoms with Gasteiger partial charge in [-0.3, -0.25) is 9.59 Å². The molecule has 0 saturated heterocycles. The molecule has 3 unspecified atom stereocenters. The monoisotopic (exact) mass is 534 g/mol. The van der Waals surface area contributed by atoms with E-state index in [2.05, 4.69) is 26.8 Å². The standard InChI is InChI=1S/C30H46O8/c1-25(2)11-16-15-7-8-18-26(3)12-17(31)22(34)29(6,23(35)36)19(26)9-10-27(18,4)28(15,5)13-21(33)30(16,24(37)38)14-20(25)32/h7,16-22,31-34H,8-14H2,1-6H3,(H,35,36)(H,37,38)/t16-,17-,18?,19?,20-,21-,22-,26+,27+,28?,29+,30+/m0/s1. The fraction of sp³-hybridized carbons (Fsp3) is 0.867. The molecule has 0 amide bonds. The van der Waals surface area contributed by atoms with Gasteiger partial charge in [0.15, 0.2) is 0 Å². The van der Waals surface area contributed by atoms with Crippen LogP contribution < -0.4 is 0 Å². The molecule has 6 N–H and O–H groups in total. The van der Waals surface area contributed by atoms with Crippen LogP contribution in [-0.2, 0) is 9.59 Å². The van der Waals surface area contributed by atoms with Gasteiger partial charge in [-0.1, -0.05) is 46.3 Å². The Kier molecular flexibility index (Phi) is 5.94. The topological polar surface area (TPSA) is 156 Å². The highest BCUT2D eigenvalue weighted by molar-refractivity contribution is 5.78. The van der Waals surface area contributed by atoms with Crippen molar-refractivity contribution in [2.24, 2.45) is 50.2 Å². The second kappa shape index (κ2) is 8.05. The molecule has 0 radical (unpaired) electrons. The Morgan fingerprint density at radius 3 is 2.03 bits per heavy atom. The highest BCUT2D eigenvalue weighted by Gasteiger charge is 2.73. The lowest BCUT2D eigenvalue weighted by Gasteiger charge is -2.71. The molecule has 0 aromatic rings. The SMILES string of the molecule is CC1(C)C[C@H]2C3=CCC4[C@@]5(C)C[C@H](O)[C@H](O)[C@](C)(C(=O)O)C5CC[C@@]4(C)C3(C)C[C@H](O)[C@@]2(C(=O)O)C[C@@H]1O. The summed E-state index contributed by atoms with van der Waals surface area (Å²) >= 11 is 0. The van der Waals surface area contributed by atoms with E-state index in [1.807, 2.05) is 13.8 Å². The predicted octanol–water partition coefficient (Wildman–Crippen LogP) is 3.21. The summed E-state index contributed by atoms with van der Waals surface area (Å²) in [5.74, 6) is -2.92. The quantitative estimate of drug-likeness (QED) is 0.295. The van der Waals surface area contributed by atoms with E-state index in [4.69, 9.17) is 0 Å². The summed E-state index contributed by atoms with van der Waals surface area (Å²) in [5.41, 5.74) is -3.86. The van der Waals surface area contributed by atoms with Gasteiger partial charge >= 0.3 is 11.9 Å². The van der Waals surface area contributed by atoms with E-state index in [-0.39, 0.29) is 30.1 Å². The fourth-order valence-corrected chi connectivity index (χ4v) is 10.8. The molecule has 0 bridgehead atoms. The maximum atomic E-state index is 12.9. The number of aliphatic carboxylic acids is 2. The van der Waals surface area contributed by atoms with Crippen molar-refractivity contribution in [1.29, 1.82) is 0 Å². The van der Waals surface area contributed by atoms with Crippen LogP contribution in [0, 0.1) is 50.2 Å². The molecule has 0 spiro atoms. The van der Waals surface area contributed by atoms with Crippen LogP contribution in [0.2, 0.25) is 0 Å². The first-order valence-corrected chi connectivity index (χ1v) is 14.2. The van der Waals surface area contributed by atoms with Crippen molar-refractivity contribution in [2.75, 3.05) is 0 Å². The highest BCUT2D eigenvalue weighted by atomic mass is 16.4. The average Bonchev–Trinajstić information content (AvgIpc) is 2.79. The number of carbonyl (C=O) groups is 2. The summed E-state index contributed by atoms with van der Waals surface area (Å²) in [5, 5.41) is 65.2. The molecule has 5 aliphatic rings. The number of hydrogen-bond acceptors (Lipinski definition) is 6. The second-order valence-corrected chi connectivity index (χ2v) is 15.1. The summed E-state index contributed by atoms with van der Waals surface area (Å²) < 4.78 is 0. The van der Waals surface area contributed by atoms with Gasteiger partial charge in [0.05, 0.1) is 29.8 Å². The van der Waals surface area contributed by atoms with Crippen molar-refractivity contribution in [3.05, 3.63) is 11.6 Å². The van der Waals surface area contributed by atoms with Crippen molar-refractivity contribution >= 4 is 11.9 Å². The van der Waals surface area contributed by atoms with Gasteiger partial charge in [-0.05, 0) is 91.3 Å². The first-order chi connectivity index (χ1) is 17.3. The Labute approximate surface area is 225 Å². The number of aliphatic hydroxyl groups excluding tert-OH is 4. The molecule has 5 rings (SSSR count). The van der Waals surface area contributed by atoms with Crippen molar-refractivity contribution < 1.29 is 40.2 Å². The molecular formula is C30H46O8. The van der Waals surface area contributed by atoms with Crippen molar-refractivity contribution in [2.45, 2.75) is 111 Å². The zero-order chi connectivity index (χ0) is 28.4. The number of carboxylic acids is 2. The Morgan fingerprint density at radius 2 is 1.45 bits per heavy atom. The zero-order valence-electron chi connectivity index (χ0n) is 23.6. The van der Waals surface area contributed by atoms with E-state index in [1.54, 1.807) is 6.92 Å². The normalized spacial score (nSPS) is 55.4. The summed E-state index contributed by atoms with van der Waals surface area (Å²) in [6.07, 6.45) is 0.576. The first kappa shape index (κ1) is 28.1. The number of aliphatic hydroxyl groups is 4. The largest absolute Gasteiger partial charge is 0.481 e. The lowest BCUT2D eigenvalue weighted by molar-refractivity contribution is -0.246. The molecule has 38 heavy (non-hydrogen) atoms. The fourth-order valence-electron chi connectivity index (χ4n) is 10.8. The van der Waals surface area contributed by atoms with Crippen LogP contribution in [0.25, 0.3) is 0 Å². The van der Waals surface area contributed by atoms with Gasteiger partial charge in [0.25, 0.3) is 0 Å². The average molecular weight is 535 g/mol. The van der Waals surface area contributed by atoms with Crippen LogP contribution in [0.4, 0.5) is 0 Å². The first-order valence-electron chi connectivity index (χ1n) is 14.2. The van der Waals surface area contributed by atoms with E-state index in [0.29, 0.717) is 32.1 Å². The van der Waals surface area contributed by atoms with Gasteiger partial charge in [0.1, 0.15) is 5.41 Å². The molecule has 0 aliphatic heterocycles. The van der Waals surface area contributed by atoms with Gasteiger partial charge in [-0.25, -0.2) is 0 Å². The third kappa shape index (κ3) is 3.06. The number of carboxylic acid groups (broad SMARTS) is 2. The van der Waals surface area contributed by atoms with Crippen LogP contribution in [0.15, 0.2) is 11.6 Å². The van der Waals surface area contributed by atoms with Crippen molar-refractivity contribution in [3.8, 4) is 0 Å². The third-order valence-corrected chi connectivity index (χ3v) is 13.4. The number of allylic oxidation sites excluding steroid dienone is 2. The van der Waals surface area contributed by atoms with Crippen LogP contribution in [0.3, 0.4) is 0 Å². The smallest absolute Gasteiger partial charge is 0.312 e. The maximum absolute atomic E-state index is 12.9. The molecule has 4 fully saturated rings. The van der Waals surface area contributed by atoms with Crippen LogP contribution in [0.5, 0.6) is 0 Å². The molecule has 0 aromatic carbocycles. The molecular weight excluding hydrogens is 488 g/mol. The molecule has 8 heteroatoms. The maximum Gasteiger partial charge on any atom is 0.312 e. The zero-order valence-corrected chi connectivity index (χ0v) is 23.6. The van der Waals surface area contributed by atoms with Crippen LogP contribution in [0.1, 0.15) is 86.5 Å². The molecule has 12 atom stereocenters. The Hall–Kier alpha value is -1.48. The minimum absolute atomic E-state index is 0.00949. The van der Waals surface area contributed by atoms with Gasteiger partial charge in [-0.2, -0.15) is 0 Å². The molecule has 0 aromatic heterocycles. The van der Waals surface area contributed by atoms with Gasteiger partial charge < -0.3 is 30.6 Å². The molecule has 4 saturated carbocycles. The third-order valence-electron chi connectivity index (χ3n) is 13.4. The van der Waals surface area contributed by atoms with E-state index in [9.17, 15) is 40.2 Å².